The van der Waals surface area contributed by atoms with Crippen LogP contribution in [-0.4, -0.2) is 223 Å². The Morgan fingerprint density at radius 3 is 1.56 bits per heavy atom. The number of aromatic hydroxyl groups is 2. The number of benzene rings is 6. The number of hydrogen-bond donors (Lipinski definition) is 22. The van der Waals surface area contributed by atoms with Crippen LogP contribution in [0.4, 0.5) is 17.2 Å². The number of phenols is 1. The lowest BCUT2D eigenvalue weighted by Gasteiger charge is -2.57. The number of carboxylic acid groups (broad SMARTS) is 9. The van der Waals surface area contributed by atoms with E-state index in [-0.39, 0.29) is 68.2 Å². The largest absolute Gasteiger partial charge is 0.508 e. The third kappa shape index (κ3) is 34.9. The quantitative estimate of drug-likeness (QED) is 0.0168. The summed E-state index contributed by atoms with van der Waals surface area (Å²) in [7, 11) is 4.40. The highest BCUT2D eigenvalue weighted by atomic mass is 32.1. The zero-order chi connectivity index (χ0) is 102. The first kappa shape index (κ1) is 111. The van der Waals surface area contributed by atoms with Crippen LogP contribution in [0.5, 0.6) is 28.7 Å². The fourth-order valence-electron chi connectivity index (χ4n) is 15.0. The Bertz CT molecular complexity index is 6070. The minimum Gasteiger partial charge on any atom is -0.508 e. The first-order chi connectivity index (χ1) is 64.5. The molecule has 33 N–H and O–H groups in total. The van der Waals surface area contributed by atoms with E-state index in [0.29, 0.717) is 57.6 Å². The Balaban J connectivity index is 0.000000237. The number of carbonyl (C=O) groups is 9. The van der Waals surface area contributed by atoms with E-state index in [1.54, 1.807) is 67.0 Å². The Labute approximate surface area is 787 Å². The minimum atomic E-state index is -1.29. The molecule has 4 aliphatic rings. The smallest absolute Gasteiger partial charge is 0.349 e. The predicted molar refractivity (Wildman–Crippen MR) is 501 cm³/mol. The van der Waals surface area contributed by atoms with Crippen LogP contribution >= 0.6 is 23.1 Å². The van der Waals surface area contributed by atoms with Crippen molar-refractivity contribution < 1.29 is 123 Å². The fourth-order valence-corrected chi connectivity index (χ4v) is 16.5. The van der Waals surface area contributed by atoms with E-state index >= 15 is 0 Å². The van der Waals surface area contributed by atoms with Gasteiger partial charge in [0.05, 0.1) is 44.5 Å². The number of nitrogen functional groups attached to an aromatic ring is 2. The normalized spacial score (nSPS) is 16.7. The maximum absolute atomic E-state index is 11.1. The van der Waals surface area contributed by atoms with Crippen molar-refractivity contribution in [2.75, 3.05) is 32.8 Å². The van der Waals surface area contributed by atoms with Crippen LogP contribution in [0.2, 0.25) is 0 Å². The maximum Gasteiger partial charge on any atom is 0.349 e. The van der Waals surface area contributed by atoms with Gasteiger partial charge in [-0.15, -0.1) is 11.3 Å². The summed E-state index contributed by atoms with van der Waals surface area (Å²) in [6.07, 6.45) is 13.9. The van der Waals surface area contributed by atoms with Crippen LogP contribution in [0, 0.1) is 33.3 Å². The molecule has 9 atom stereocenters. The van der Waals surface area contributed by atoms with Crippen molar-refractivity contribution >= 4 is 126 Å². The molecule has 6 aromatic carbocycles. The molecule has 47 nitrogen and oxygen atoms in total. The summed E-state index contributed by atoms with van der Waals surface area (Å²) < 4.78 is 31.4. The van der Waals surface area contributed by atoms with Gasteiger partial charge in [0.1, 0.15) is 87.5 Å². The summed E-state index contributed by atoms with van der Waals surface area (Å²) in [6.45, 7) is 1.36. The van der Waals surface area contributed by atoms with Gasteiger partial charge in [0.2, 0.25) is 5.43 Å². The Morgan fingerprint density at radius 2 is 1.04 bits per heavy atom. The number of fused-ring (bicyclic) bond motifs is 3. The molecule has 0 spiro atoms. The van der Waals surface area contributed by atoms with Crippen LogP contribution < -0.4 is 88.4 Å². The number of methoxy groups -OCH3 is 3. The molecule has 11 aromatic rings. The van der Waals surface area contributed by atoms with E-state index in [1.165, 1.54) is 112 Å². The molecule has 0 aliphatic heterocycles. The second-order valence-corrected chi connectivity index (χ2v) is 33.9. The molecule has 5 aromatic heterocycles. The molecule has 137 heavy (non-hydrogen) atoms. The molecule has 15 rings (SSSR count). The summed E-state index contributed by atoms with van der Waals surface area (Å²) in [5.41, 5.74) is 65.1. The van der Waals surface area contributed by atoms with Gasteiger partial charge in [0.15, 0.2) is 23.0 Å². The van der Waals surface area contributed by atoms with Crippen molar-refractivity contribution in [2.45, 2.75) is 157 Å². The Kier molecular flexibility index (Phi) is 42.3. The van der Waals surface area contributed by atoms with E-state index < -0.39 is 129 Å². The molecule has 9 unspecified atom stereocenters. The van der Waals surface area contributed by atoms with Gasteiger partial charge in [0.25, 0.3) is 0 Å². The SMILES string of the molecule is COc1ccc(CC(C)(N)C(=O)O)cc1OC.COc1ccc(CC(N)C(=O)O)cc1[N+](=O)[O-].NC(CC12CC3CC(CC(C3)C1)C2)C(=O)O.NC(Cc1ccc2nonc2c1)C(=O)O.NC(Cc1cccc2nsnc12)C(=O)O.NC(Cc1csc2ccccc12)C(=O)O.NC(Cn1ccc(=O)c(O)c1)C(=O)O.Nc1cc(O)ccc1CC(N)C(=O)O.Nc1ccn(CC(N)C(=O)O)c(=O)n1. The number of aromatic nitrogens is 7. The van der Waals surface area contributed by atoms with Crippen molar-refractivity contribution in [1.29, 1.82) is 0 Å². The van der Waals surface area contributed by atoms with Gasteiger partial charge in [-0.3, -0.25) is 62.6 Å². The summed E-state index contributed by atoms with van der Waals surface area (Å²) in [5.74, 6) is -5.71. The molecule has 738 valence electrons. The number of anilines is 2. The highest BCUT2D eigenvalue weighted by Gasteiger charge is 2.51. The van der Waals surface area contributed by atoms with E-state index in [2.05, 4.69) is 28.7 Å². The van der Waals surface area contributed by atoms with Crippen molar-refractivity contribution in [3.63, 3.8) is 0 Å². The number of nitrogens with zero attached hydrogens (tertiary/aromatic N) is 8. The fraction of sp³-hybridized carbons (Fsp3) is 0.364. The topological polar surface area (TPSA) is 855 Å². The lowest BCUT2D eigenvalue weighted by atomic mass is 9.48. The highest BCUT2D eigenvalue weighted by molar-refractivity contribution is 7.17. The Morgan fingerprint density at radius 1 is 0.533 bits per heavy atom. The number of nitrogens with two attached hydrogens (primary N) is 11. The number of hydrogen-bond acceptors (Lipinski definition) is 37. The van der Waals surface area contributed by atoms with E-state index in [0.717, 1.165) is 85.0 Å². The molecule has 5 heterocycles. The van der Waals surface area contributed by atoms with Gasteiger partial charge in [-0.05, 0) is 203 Å². The van der Waals surface area contributed by atoms with E-state index in [4.69, 9.17) is 133 Å². The number of rotatable bonds is 31. The maximum atomic E-state index is 11.1. The first-order valence-electron chi connectivity index (χ1n) is 41.5. The van der Waals surface area contributed by atoms with Crippen LogP contribution in [0.15, 0.2) is 166 Å². The molecule has 4 bridgehead atoms. The standard InChI is InChI=1S/C13H21NO2.C12H17NO4.C11H11NO2S.C10H12N2O5.C9H9N3O3.C9H9N3O2S.C9H12N2O3.C8H10N2O4.C7H10N4O3/c14-11(12(15)16)7-13-4-8-1-9(5-13)3-10(2-8)6-13;1-12(13,11(14)15)7-8-4-5-9(16-2)10(6-8)17-3;12-9(11(13)14)5-7-6-15-10-4-2-1-3-8(7)10;1-17-9-3-2-6(4-7(11)10(13)14)5-8(9)12(15)16;10-6(9(13)14)3-5-1-2-7-8(4-5)12-15-11-7;10-6(9(13)14)4-5-2-1-3-7-8(5)12-15-11-7;10-7-4-6(12)2-1-5(7)3-8(11)9(13)14;9-5(8(13)14)3-10-2-1-6(11)7(12)4-10;8-4(6(12)13)3-11-2-1-5(9)10-7(11)14/h8-11H,1-7,14H2,(H,15,16);4-6H,7,13H2,1-3H3,(H,14,15);1-4,6,9H,5,12H2,(H,13,14);2-3,5,7H,4,11H2,1H3,(H,13,14);1-2,4,6H,3,10H2,(H,13,14);1-3,6H,4,10H2,(H,13,14);1-2,4,8,12H,3,10-11H2,(H,13,14);1-2,4-5,12H,3,9H2,(H,13,14);1-2,4H,3,8H2,(H,12,13)(H2,9,10,14). The van der Waals surface area contributed by atoms with Gasteiger partial charge in [-0.2, -0.15) is 13.7 Å². The molecule has 49 heteroatoms. The number of carboxylic acids is 9. The lowest BCUT2D eigenvalue weighted by Crippen LogP contribution is -2.49. The molecular formula is C88H111N19O28S2. The number of nitro benzene ring substituents is 1. The van der Waals surface area contributed by atoms with Crippen LogP contribution in [0.25, 0.3) is 32.2 Å². The average molecular weight is 1950 g/mol. The van der Waals surface area contributed by atoms with Crippen molar-refractivity contribution in [1.82, 2.24) is 33.2 Å². The van der Waals surface area contributed by atoms with Crippen LogP contribution in [0.3, 0.4) is 0 Å². The van der Waals surface area contributed by atoms with Gasteiger partial charge < -0.3 is 138 Å². The number of ether oxygens (including phenoxy) is 3. The summed E-state index contributed by atoms with van der Waals surface area (Å²) in [6, 6.07) is 27.5. The third-order valence-electron chi connectivity index (χ3n) is 21.6. The van der Waals surface area contributed by atoms with Crippen molar-refractivity contribution in [2.24, 2.45) is 74.8 Å². The zero-order valence-electron chi connectivity index (χ0n) is 74.5. The number of nitro groups is 1. The molecule has 0 saturated heterocycles. The van der Waals surface area contributed by atoms with Gasteiger partial charge >= 0.3 is 65.1 Å². The molecular weight excluding hydrogens is 1840 g/mol. The monoisotopic (exact) mass is 1950 g/mol. The summed E-state index contributed by atoms with van der Waals surface area (Å²) in [4.78, 5) is 131. The lowest BCUT2D eigenvalue weighted by molar-refractivity contribution is -0.385. The van der Waals surface area contributed by atoms with Gasteiger partial charge in [-0.25, -0.2) is 9.42 Å². The summed E-state index contributed by atoms with van der Waals surface area (Å²) >= 11 is 2.73. The average Bonchev–Trinajstić information content (AvgIpc) is 1.62. The second-order valence-electron chi connectivity index (χ2n) is 32.5. The molecule has 0 radical (unpaired) electrons. The molecule has 4 saturated carbocycles. The number of thiophene rings is 1. The number of pyridine rings is 1. The Hall–Kier alpha value is -14.8. The van der Waals surface area contributed by atoms with Crippen LogP contribution in [-0.2, 0) is 94.8 Å². The van der Waals surface area contributed by atoms with Crippen LogP contribution in [0.1, 0.15) is 85.3 Å². The first-order valence-corrected chi connectivity index (χ1v) is 43.1. The number of aliphatic carboxylic acids is 9. The van der Waals surface area contributed by atoms with Gasteiger partial charge in [0, 0.05) is 73.0 Å². The minimum absolute atomic E-state index is 0.00315. The van der Waals surface area contributed by atoms with Crippen molar-refractivity contribution in [3.8, 4) is 28.7 Å². The third-order valence-corrected chi connectivity index (χ3v) is 23.1. The molecule has 4 fully saturated rings. The predicted octanol–water partition coefficient (Wildman–Crippen LogP) is 3.42. The van der Waals surface area contributed by atoms with Crippen molar-refractivity contribution in [3.05, 3.63) is 216 Å². The summed E-state index contributed by atoms with van der Waals surface area (Å²) in [5, 5.41) is 117. The molecule has 4 aliphatic carbocycles. The highest BCUT2D eigenvalue weighted by Crippen LogP contribution is 2.61. The van der Waals surface area contributed by atoms with E-state index in [9.17, 15) is 62.9 Å². The zero-order valence-corrected chi connectivity index (χ0v) is 76.1. The molecule has 0 amide bonds. The van der Waals surface area contributed by atoms with Gasteiger partial charge in [-0.1, -0.05) is 54.6 Å². The van der Waals surface area contributed by atoms with E-state index in [1.807, 2.05) is 47.8 Å². The number of phenolic OH excluding ortho intramolecular Hbond substituents is 1. The second kappa shape index (κ2) is 52.2.